The van der Waals surface area contributed by atoms with Gasteiger partial charge >= 0.3 is 0 Å². The van der Waals surface area contributed by atoms with E-state index < -0.39 is 0 Å². The summed E-state index contributed by atoms with van der Waals surface area (Å²) in [5.41, 5.74) is 3.78. The fourth-order valence-electron chi connectivity index (χ4n) is 1.90. The third-order valence-corrected chi connectivity index (χ3v) is 2.79. The number of nitrogens with two attached hydrogens (primary N) is 1. The zero-order valence-electron chi connectivity index (χ0n) is 11.6. The van der Waals surface area contributed by atoms with Crippen LogP contribution in [0.25, 0.3) is 0 Å². The Morgan fingerprint density at radius 1 is 1.50 bits per heavy atom. The topological polar surface area (TPSA) is 74.3 Å². The van der Waals surface area contributed by atoms with Crippen molar-refractivity contribution in [1.82, 2.24) is 15.2 Å². The Hall–Kier alpha value is -1.11. The van der Waals surface area contributed by atoms with E-state index in [4.69, 9.17) is 15.3 Å². The fraction of sp³-hybridized carbons (Fsp3) is 0.750. The molecule has 1 rings (SSSR count). The molecule has 0 fully saturated rings. The van der Waals surface area contributed by atoms with Gasteiger partial charge in [-0.15, -0.1) is 0 Å². The average Bonchev–Trinajstić information content (AvgIpc) is 2.78. The van der Waals surface area contributed by atoms with E-state index in [9.17, 15) is 0 Å². The van der Waals surface area contributed by atoms with Crippen LogP contribution in [0, 0.1) is 0 Å². The van der Waals surface area contributed by atoms with Gasteiger partial charge in [0.15, 0.2) is 5.75 Å². The van der Waals surface area contributed by atoms with Gasteiger partial charge in [0.2, 0.25) is 0 Å². The molecular formula is C12H24N4O2. The van der Waals surface area contributed by atoms with Gasteiger partial charge in [-0.2, -0.15) is 5.10 Å². The molecule has 0 amide bonds. The third-order valence-electron chi connectivity index (χ3n) is 2.79. The first-order valence-electron chi connectivity index (χ1n) is 6.30. The summed E-state index contributed by atoms with van der Waals surface area (Å²) in [4.78, 5) is 0. The Bertz CT molecular complexity index is 352. The molecule has 18 heavy (non-hydrogen) atoms. The molecule has 6 heteroatoms. The molecule has 1 aromatic rings. The molecule has 0 aliphatic rings. The molecular weight excluding hydrogens is 232 g/mol. The molecule has 0 saturated carbocycles. The Morgan fingerprint density at radius 2 is 2.22 bits per heavy atom. The van der Waals surface area contributed by atoms with Crippen LogP contribution in [-0.4, -0.2) is 30.1 Å². The van der Waals surface area contributed by atoms with Crippen molar-refractivity contribution in [2.75, 3.05) is 20.3 Å². The van der Waals surface area contributed by atoms with Crippen LogP contribution in [-0.2, 0) is 4.74 Å². The van der Waals surface area contributed by atoms with Crippen LogP contribution in [0.5, 0.6) is 5.75 Å². The molecule has 0 radical (unpaired) electrons. The lowest BCUT2D eigenvalue weighted by Crippen LogP contribution is -2.31. The molecule has 0 saturated heterocycles. The maximum Gasteiger partial charge on any atom is 0.161 e. The zero-order valence-corrected chi connectivity index (χ0v) is 11.6. The van der Waals surface area contributed by atoms with Crippen LogP contribution in [0.2, 0.25) is 0 Å². The normalized spacial score (nSPS) is 13.0. The molecule has 1 aromatic heterocycles. The third kappa shape index (κ3) is 3.44. The van der Waals surface area contributed by atoms with Crippen LogP contribution in [0.4, 0.5) is 0 Å². The molecule has 0 spiro atoms. The van der Waals surface area contributed by atoms with Gasteiger partial charge in [0.1, 0.15) is 0 Å². The van der Waals surface area contributed by atoms with Crippen LogP contribution in [0.15, 0.2) is 6.20 Å². The first kappa shape index (κ1) is 14.9. The first-order valence-corrected chi connectivity index (χ1v) is 6.30. The quantitative estimate of drug-likeness (QED) is 0.418. The van der Waals surface area contributed by atoms with E-state index in [2.05, 4.69) is 24.4 Å². The number of ether oxygens (including phenoxy) is 2. The lowest BCUT2D eigenvalue weighted by atomic mass is 10.1. The van der Waals surface area contributed by atoms with Crippen LogP contribution in [0.1, 0.15) is 45.0 Å². The monoisotopic (exact) mass is 256 g/mol. The van der Waals surface area contributed by atoms with Gasteiger partial charge in [-0.1, -0.05) is 0 Å². The van der Waals surface area contributed by atoms with Crippen LogP contribution < -0.4 is 16.0 Å². The van der Waals surface area contributed by atoms with Gasteiger partial charge in [0.05, 0.1) is 25.0 Å². The average molecular weight is 256 g/mol. The Kier molecular flexibility index (Phi) is 6.11. The molecule has 0 aliphatic heterocycles. The van der Waals surface area contributed by atoms with Crippen molar-refractivity contribution < 1.29 is 9.47 Å². The number of nitrogens with one attached hydrogen (secondary N) is 1. The highest BCUT2D eigenvalue weighted by molar-refractivity contribution is 5.28. The highest BCUT2D eigenvalue weighted by atomic mass is 16.5. The van der Waals surface area contributed by atoms with E-state index in [0.29, 0.717) is 13.2 Å². The SMILES string of the molecule is CCOCCC(NN)c1c(OC)cnn1C(C)C. The fourth-order valence-corrected chi connectivity index (χ4v) is 1.90. The predicted molar refractivity (Wildman–Crippen MR) is 70.3 cm³/mol. The minimum atomic E-state index is -0.0311. The largest absolute Gasteiger partial charge is 0.493 e. The minimum Gasteiger partial charge on any atom is -0.493 e. The zero-order chi connectivity index (χ0) is 13.5. The van der Waals surface area contributed by atoms with Crippen molar-refractivity contribution in [1.29, 1.82) is 0 Å². The Morgan fingerprint density at radius 3 is 2.72 bits per heavy atom. The molecule has 0 aliphatic carbocycles. The van der Waals surface area contributed by atoms with Crippen molar-refractivity contribution in [3.8, 4) is 5.75 Å². The van der Waals surface area contributed by atoms with Gasteiger partial charge in [0, 0.05) is 19.3 Å². The molecule has 1 unspecified atom stereocenters. The van der Waals surface area contributed by atoms with Crippen molar-refractivity contribution in [2.24, 2.45) is 5.84 Å². The van der Waals surface area contributed by atoms with Crippen molar-refractivity contribution in [3.05, 3.63) is 11.9 Å². The standard InChI is InChI=1S/C12H24N4O2/c1-5-18-7-6-10(15-13)12-11(17-4)8-14-16(12)9(2)3/h8-10,15H,5-7,13H2,1-4H3. The van der Waals surface area contributed by atoms with E-state index in [1.807, 2.05) is 11.6 Å². The van der Waals surface area contributed by atoms with Crippen molar-refractivity contribution in [3.63, 3.8) is 0 Å². The lowest BCUT2D eigenvalue weighted by molar-refractivity contribution is 0.135. The van der Waals surface area contributed by atoms with Gasteiger partial charge < -0.3 is 9.47 Å². The summed E-state index contributed by atoms with van der Waals surface area (Å²) in [7, 11) is 1.64. The van der Waals surface area contributed by atoms with E-state index in [1.54, 1.807) is 13.3 Å². The van der Waals surface area contributed by atoms with E-state index >= 15 is 0 Å². The van der Waals surface area contributed by atoms with Gasteiger partial charge in [-0.05, 0) is 27.2 Å². The first-order chi connectivity index (χ1) is 8.65. The second-order valence-electron chi connectivity index (χ2n) is 4.34. The number of aromatic nitrogens is 2. The number of hydrogen-bond donors (Lipinski definition) is 2. The molecule has 6 nitrogen and oxygen atoms in total. The van der Waals surface area contributed by atoms with Gasteiger partial charge in [-0.3, -0.25) is 16.0 Å². The smallest absolute Gasteiger partial charge is 0.161 e. The second kappa shape index (κ2) is 7.35. The summed E-state index contributed by atoms with van der Waals surface area (Å²) in [5, 5.41) is 4.34. The molecule has 104 valence electrons. The summed E-state index contributed by atoms with van der Waals surface area (Å²) >= 11 is 0. The Labute approximate surface area is 108 Å². The number of rotatable bonds is 8. The highest BCUT2D eigenvalue weighted by Gasteiger charge is 2.22. The van der Waals surface area contributed by atoms with E-state index in [-0.39, 0.29) is 12.1 Å². The summed E-state index contributed by atoms with van der Waals surface area (Å²) in [6, 6.07) is 0.225. The molecule has 0 bridgehead atoms. The number of hydrazine groups is 1. The molecule has 0 aromatic carbocycles. The van der Waals surface area contributed by atoms with E-state index in [0.717, 1.165) is 17.9 Å². The lowest BCUT2D eigenvalue weighted by Gasteiger charge is -2.20. The second-order valence-corrected chi connectivity index (χ2v) is 4.34. The van der Waals surface area contributed by atoms with Gasteiger partial charge in [-0.25, -0.2) is 0 Å². The number of nitrogens with zero attached hydrogens (tertiary/aromatic N) is 2. The van der Waals surface area contributed by atoms with E-state index in [1.165, 1.54) is 0 Å². The Balaban J connectivity index is 2.91. The molecule has 1 atom stereocenters. The summed E-state index contributed by atoms with van der Waals surface area (Å²) in [6.45, 7) is 7.48. The highest BCUT2D eigenvalue weighted by Crippen LogP contribution is 2.28. The van der Waals surface area contributed by atoms with Gasteiger partial charge in [0.25, 0.3) is 0 Å². The molecule has 3 N–H and O–H groups in total. The van der Waals surface area contributed by atoms with Crippen LogP contribution in [0.3, 0.4) is 0 Å². The maximum atomic E-state index is 5.64. The minimum absolute atomic E-state index is 0.0311. The van der Waals surface area contributed by atoms with Crippen molar-refractivity contribution in [2.45, 2.75) is 39.3 Å². The maximum absolute atomic E-state index is 5.64. The summed E-state index contributed by atoms with van der Waals surface area (Å²) < 4.78 is 12.6. The molecule has 1 heterocycles. The summed E-state index contributed by atoms with van der Waals surface area (Å²) in [5.74, 6) is 6.39. The number of hydrogen-bond acceptors (Lipinski definition) is 5. The summed E-state index contributed by atoms with van der Waals surface area (Å²) in [6.07, 6.45) is 2.50. The predicted octanol–water partition coefficient (Wildman–Crippen LogP) is 1.40. The number of methoxy groups -OCH3 is 1. The van der Waals surface area contributed by atoms with Crippen LogP contribution >= 0.6 is 0 Å². The van der Waals surface area contributed by atoms with Crippen molar-refractivity contribution >= 4 is 0 Å².